The van der Waals surface area contributed by atoms with Crippen molar-refractivity contribution in [1.82, 2.24) is 9.55 Å². The lowest BCUT2D eigenvalue weighted by Gasteiger charge is -2.27. The molecule has 0 bridgehead atoms. The monoisotopic (exact) mass is 231 g/mol. The highest BCUT2D eigenvalue weighted by atomic mass is 19.4. The predicted molar refractivity (Wildman–Crippen MR) is 46.3 cm³/mol. The standard InChI is InChI=1S/C9H8F3N3O/c10-9(11,12)8-7(3-13)14-5-15(8)4-6-1-2-16-6/h5-6H,1-2,4H2. The maximum absolute atomic E-state index is 12.6. The van der Waals surface area contributed by atoms with E-state index >= 15 is 0 Å². The summed E-state index contributed by atoms with van der Waals surface area (Å²) in [6, 6.07) is 1.44. The Labute approximate surface area is 89.3 Å². The number of imidazole rings is 1. The first kappa shape index (κ1) is 11.0. The quantitative estimate of drug-likeness (QED) is 0.776. The third-order valence-electron chi connectivity index (χ3n) is 2.41. The molecular formula is C9H8F3N3O. The van der Waals surface area contributed by atoms with Crippen LogP contribution in [-0.4, -0.2) is 22.3 Å². The van der Waals surface area contributed by atoms with Crippen LogP contribution in [0.4, 0.5) is 13.2 Å². The van der Waals surface area contributed by atoms with Crippen LogP contribution in [0.3, 0.4) is 0 Å². The van der Waals surface area contributed by atoms with Gasteiger partial charge in [-0.05, 0) is 6.42 Å². The zero-order chi connectivity index (χ0) is 11.8. The SMILES string of the molecule is N#Cc1ncn(CC2CCO2)c1C(F)(F)F. The Kier molecular flexibility index (Phi) is 2.59. The van der Waals surface area contributed by atoms with Gasteiger partial charge in [-0.1, -0.05) is 0 Å². The maximum Gasteiger partial charge on any atom is 0.434 e. The van der Waals surface area contributed by atoms with Gasteiger partial charge >= 0.3 is 6.18 Å². The minimum absolute atomic E-state index is 0.0868. The van der Waals surface area contributed by atoms with E-state index in [2.05, 4.69) is 4.98 Å². The molecule has 0 N–H and O–H groups in total. The third kappa shape index (κ3) is 1.88. The van der Waals surface area contributed by atoms with Crippen LogP contribution in [0, 0.1) is 11.3 Å². The van der Waals surface area contributed by atoms with Gasteiger partial charge in [0.25, 0.3) is 0 Å². The molecule has 0 aliphatic carbocycles. The smallest absolute Gasteiger partial charge is 0.376 e. The van der Waals surface area contributed by atoms with E-state index in [4.69, 9.17) is 10.00 Å². The fraction of sp³-hybridized carbons (Fsp3) is 0.556. The fourth-order valence-electron chi connectivity index (χ4n) is 1.55. The van der Waals surface area contributed by atoms with Crippen LogP contribution >= 0.6 is 0 Å². The number of aromatic nitrogens is 2. The average molecular weight is 231 g/mol. The molecule has 1 fully saturated rings. The van der Waals surface area contributed by atoms with Gasteiger partial charge in [-0.15, -0.1) is 0 Å². The van der Waals surface area contributed by atoms with E-state index in [1.54, 1.807) is 0 Å². The predicted octanol–water partition coefficient (Wildman–Crippen LogP) is 1.56. The summed E-state index contributed by atoms with van der Waals surface area (Å²) in [6.07, 6.45) is -3.01. The zero-order valence-corrected chi connectivity index (χ0v) is 8.16. The summed E-state index contributed by atoms with van der Waals surface area (Å²) in [5, 5.41) is 8.54. The molecule has 1 atom stereocenters. The molecule has 2 rings (SSSR count). The number of nitrogens with zero attached hydrogens (tertiary/aromatic N) is 3. The molecule has 16 heavy (non-hydrogen) atoms. The van der Waals surface area contributed by atoms with E-state index in [0.29, 0.717) is 6.61 Å². The Morgan fingerprint density at radius 2 is 2.31 bits per heavy atom. The van der Waals surface area contributed by atoms with Crippen LogP contribution in [0.1, 0.15) is 17.8 Å². The van der Waals surface area contributed by atoms with Gasteiger partial charge in [0.2, 0.25) is 0 Å². The van der Waals surface area contributed by atoms with Crippen molar-refractivity contribution in [2.24, 2.45) is 0 Å². The third-order valence-corrected chi connectivity index (χ3v) is 2.41. The molecule has 1 aliphatic heterocycles. The Hall–Kier alpha value is -1.55. The molecule has 0 saturated carbocycles. The molecule has 1 aliphatic rings. The molecule has 1 aromatic rings. The summed E-state index contributed by atoms with van der Waals surface area (Å²) in [5.74, 6) is 0. The van der Waals surface area contributed by atoms with Crippen molar-refractivity contribution in [2.45, 2.75) is 25.2 Å². The summed E-state index contributed by atoms with van der Waals surface area (Å²) < 4.78 is 43.9. The lowest BCUT2D eigenvalue weighted by molar-refractivity contribution is -0.145. The summed E-state index contributed by atoms with van der Waals surface area (Å²) in [7, 11) is 0. The molecular weight excluding hydrogens is 223 g/mol. The molecule has 1 aromatic heterocycles. The van der Waals surface area contributed by atoms with Crippen molar-refractivity contribution >= 4 is 0 Å². The first-order valence-corrected chi connectivity index (χ1v) is 4.66. The first-order valence-electron chi connectivity index (χ1n) is 4.66. The number of hydrogen-bond donors (Lipinski definition) is 0. The van der Waals surface area contributed by atoms with E-state index in [1.165, 1.54) is 6.07 Å². The normalized spacial score (nSPS) is 20.2. The van der Waals surface area contributed by atoms with E-state index in [9.17, 15) is 13.2 Å². The molecule has 7 heteroatoms. The highest BCUT2D eigenvalue weighted by molar-refractivity contribution is 5.29. The van der Waals surface area contributed by atoms with Crippen LogP contribution in [-0.2, 0) is 17.5 Å². The van der Waals surface area contributed by atoms with Crippen molar-refractivity contribution in [1.29, 1.82) is 5.26 Å². The molecule has 0 aromatic carbocycles. The van der Waals surface area contributed by atoms with Gasteiger partial charge < -0.3 is 9.30 Å². The first-order chi connectivity index (χ1) is 7.52. The Bertz CT molecular complexity index is 428. The van der Waals surface area contributed by atoms with Crippen LogP contribution < -0.4 is 0 Å². The number of hydrogen-bond acceptors (Lipinski definition) is 3. The second kappa shape index (κ2) is 3.79. The molecule has 0 amide bonds. The topological polar surface area (TPSA) is 50.8 Å². The minimum Gasteiger partial charge on any atom is -0.376 e. The van der Waals surface area contributed by atoms with Gasteiger partial charge in [-0.25, -0.2) is 4.98 Å². The van der Waals surface area contributed by atoms with Crippen LogP contribution in [0.25, 0.3) is 0 Å². The molecule has 2 heterocycles. The van der Waals surface area contributed by atoms with Gasteiger partial charge in [-0.2, -0.15) is 18.4 Å². The largest absolute Gasteiger partial charge is 0.434 e. The summed E-state index contributed by atoms with van der Waals surface area (Å²) in [5.41, 5.74) is -1.59. The van der Waals surface area contributed by atoms with Gasteiger partial charge in [0, 0.05) is 6.61 Å². The summed E-state index contributed by atoms with van der Waals surface area (Å²) in [4.78, 5) is 3.44. The fourth-order valence-corrected chi connectivity index (χ4v) is 1.55. The number of halogens is 3. The maximum atomic E-state index is 12.6. The minimum atomic E-state index is -4.56. The molecule has 0 radical (unpaired) electrons. The van der Waals surface area contributed by atoms with Crippen molar-refractivity contribution in [3.8, 4) is 6.07 Å². The van der Waals surface area contributed by atoms with Crippen LogP contribution in [0.2, 0.25) is 0 Å². The highest BCUT2D eigenvalue weighted by Gasteiger charge is 2.39. The van der Waals surface area contributed by atoms with Gasteiger partial charge in [0.1, 0.15) is 6.07 Å². The summed E-state index contributed by atoms with van der Waals surface area (Å²) in [6.45, 7) is 0.662. The van der Waals surface area contributed by atoms with Crippen LogP contribution in [0.5, 0.6) is 0 Å². The molecule has 4 nitrogen and oxygen atoms in total. The lowest BCUT2D eigenvalue weighted by atomic mass is 10.2. The van der Waals surface area contributed by atoms with Crippen molar-refractivity contribution in [2.75, 3.05) is 6.61 Å². The van der Waals surface area contributed by atoms with Gasteiger partial charge in [0.05, 0.1) is 19.0 Å². The average Bonchev–Trinajstić information content (AvgIpc) is 2.53. The number of ether oxygens (including phenoxy) is 1. The van der Waals surface area contributed by atoms with Gasteiger partial charge in [0.15, 0.2) is 11.4 Å². The Morgan fingerprint density at radius 3 is 2.75 bits per heavy atom. The highest BCUT2D eigenvalue weighted by Crippen LogP contribution is 2.32. The molecule has 86 valence electrons. The molecule has 1 saturated heterocycles. The van der Waals surface area contributed by atoms with E-state index < -0.39 is 17.6 Å². The Balaban J connectivity index is 2.30. The van der Waals surface area contributed by atoms with Crippen molar-refractivity contribution < 1.29 is 17.9 Å². The van der Waals surface area contributed by atoms with Crippen molar-refractivity contribution in [3.05, 3.63) is 17.7 Å². The van der Waals surface area contributed by atoms with Crippen LogP contribution in [0.15, 0.2) is 6.33 Å². The van der Waals surface area contributed by atoms with Crippen molar-refractivity contribution in [3.63, 3.8) is 0 Å². The second-order valence-electron chi connectivity index (χ2n) is 3.49. The van der Waals surface area contributed by atoms with Gasteiger partial charge in [-0.3, -0.25) is 0 Å². The van der Waals surface area contributed by atoms with E-state index in [-0.39, 0.29) is 12.6 Å². The van der Waals surface area contributed by atoms with E-state index in [0.717, 1.165) is 17.3 Å². The second-order valence-corrected chi connectivity index (χ2v) is 3.49. The lowest BCUT2D eigenvalue weighted by Crippen LogP contribution is -2.32. The molecule has 1 unspecified atom stereocenters. The Morgan fingerprint density at radius 1 is 1.62 bits per heavy atom. The number of alkyl halides is 3. The summed E-state index contributed by atoms with van der Waals surface area (Å²) >= 11 is 0. The number of rotatable bonds is 2. The van der Waals surface area contributed by atoms with E-state index in [1.807, 2.05) is 0 Å². The molecule has 0 spiro atoms. The number of nitriles is 1. The zero-order valence-electron chi connectivity index (χ0n) is 8.16.